The van der Waals surface area contributed by atoms with E-state index in [1.165, 1.54) is 44.8 Å². The van der Waals surface area contributed by atoms with Crippen molar-refractivity contribution in [2.24, 2.45) is 7.05 Å². The lowest BCUT2D eigenvalue weighted by atomic mass is 10.1. The Hall–Kier alpha value is -3.64. The first-order chi connectivity index (χ1) is 15.7. The molecule has 3 aromatic rings. The molecule has 0 spiro atoms. The van der Waals surface area contributed by atoms with Crippen LogP contribution in [-0.2, 0) is 11.8 Å². The van der Waals surface area contributed by atoms with E-state index in [-0.39, 0.29) is 17.8 Å². The number of nitro groups is 1. The van der Waals surface area contributed by atoms with Gasteiger partial charge in [0.15, 0.2) is 5.16 Å². The van der Waals surface area contributed by atoms with E-state index in [9.17, 15) is 19.7 Å². The van der Waals surface area contributed by atoms with Crippen LogP contribution in [-0.4, -0.2) is 57.1 Å². The van der Waals surface area contributed by atoms with Crippen LogP contribution < -0.4 is 10.1 Å². The van der Waals surface area contributed by atoms with Crippen LogP contribution >= 0.6 is 23.4 Å². The van der Waals surface area contributed by atoms with E-state index in [0.29, 0.717) is 26.5 Å². The minimum atomic E-state index is -0.576. The van der Waals surface area contributed by atoms with Gasteiger partial charge < -0.3 is 19.5 Å². The standard InChI is InChI=1S/C20H19ClN6O5S/c1-25(10-18(28)23-14-9-13(21)5-6-16(14)32-3)19(29)12-4-7-17(15(8-12)27(30)31)33-20-24-22-11-26(20)2/h4-9,11H,10H2,1-3H3,(H,23,28). The highest BCUT2D eigenvalue weighted by atomic mass is 35.5. The summed E-state index contributed by atoms with van der Waals surface area (Å²) in [4.78, 5) is 37.7. The Bertz CT molecular complexity index is 1220. The molecule has 0 bridgehead atoms. The summed E-state index contributed by atoms with van der Waals surface area (Å²) in [5.41, 5.74) is 0.173. The van der Waals surface area contributed by atoms with Gasteiger partial charge in [0.2, 0.25) is 5.91 Å². The Labute approximate surface area is 197 Å². The zero-order valence-corrected chi connectivity index (χ0v) is 19.4. The molecule has 0 aliphatic rings. The molecule has 11 nitrogen and oxygen atoms in total. The van der Waals surface area contributed by atoms with Gasteiger partial charge in [-0.15, -0.1) is 10.2 Å². The molecule has 0 atom stereocenters. The highest BCUT2D eigenvalue weighted by molar-refractivity contribution is 7.99. The third-order valence-corrected chi connectivity index (χ3v) is 5.79. The summed E-state index contributed by atoms with van der Waals surface area (Å²) >= 11 is 7.02. The lowest BCUT2D eigenvalue weighted by molar-refractivity contribution is -0.387. The molecule has 0 aliphatic heterocycles. The van der Waals surface area contributed by atoms with E-state index < -0.39 is 16.7 Å². The van der Waals surface area contributed by atoms with Crippen molar-refractivity contribution in [3.8, 4) is 5.75 Å². The first kappa shape index (κ1) is 24.0. The zero-order valence-electron chi connectivity index (χ0n) is 17.8. The maximum atomic E-state index is 12.8. The summed E-state index contributed by atoms with van der Waals surface area (Å²) < 4.78 is 6.80. The fourth-order valence-corrected chi connectivity index (χ4v) is 3.84. The first-order valence-electron chi connectivity index (χ1n) is 9.38. The predicted octanol–water partition coefficient (Wildman–Crippen LogP) is 3.25. The lowest BCUT2D eigenvalue weighted by Gasteiger charge is -2.18. The number of anilines is 1. The summed E-state index contributed by atoms with van der Waals surface area (Å²) in [6, 6.07) is 8.85. The van der Waals surface area contributed by atoms with Gasteiger partial charge in [-0.25, -0.2) is 0 Å². The lowest BCUT2D eigenvalue weighted by Crippen LogP contribution is -2.35. The molecule has 0 saturated carbocycles. The Morgan fingerprint density at radius 3 is 2.70 bits per heavy atom. The van der Waals surface area contributed by atoms with Crippen LogP contribution in [0.15, 0.2) is 52.8 Å². The number of hydrogen-bond acceptors (Lipinski definition) is 8. The molecule has 172 valence electrons. The highest BCUT2D eigenvalue weighted by Gasteiger charge is 2.22. The molecule has 2 amide bonds. The van der Waals surface area contributed by atoms with Crippen molar-refractivity contribution >= 4 is 46.6 Å². The van der Waals surface area contributed by atoms with Crippen LogP contribution in [0.1, 0.15) is 10.4 Å². The van der Waals surface area contributed by atoms with Crippen molar-refractivity contribution in [1.29, 1.82) is 0 Å². The number of aryl methyl sites for hydroxylation is 1. The number of aromatic nitrogens is 3. The molecule has 1 heterocycles. The molecule has 13 heteroatoms. The number of likely N-dealkylation sites (N-methyl/N-ethyl adjacent to an activating group) is 1. The number of rotatable bonds is 8. The Kier molecular flexibility index (Phi) is 7.51. The minimum Gasteiger partial charge on any atom is -0.495 e. The summed E-state index contributed by atoms with van der Waals surface area (Å²) in [7, 11) is 4.59. The highest BCUT2D eigenvalue weighted by Crippen LogP contribution is 2.34. The molecule has 2 aromatic carbocycles. The van der Waals surface area contributed by atoms with Crippen molar-refractivity contribution in [2.75, 3.05) is 26.0 Å². The molecule has 3 rings (SSSR count). The zero-order chi connectivity index (χ0) is 24.1. The molecule has 0 aliphatic carbocycles. The van der Waals surface area contributed by atoms with Gasteiger partial charge in [-0.3, -0.25) is 19.7 Å². The number of carbonyl (C=O) groups is 2. The van der Waals surface area contributed by atoms with Gasteiger partial charge in [0, 0.05) is 30.7 Å². The van der Waals surface area contributed by atoms with Gasteiger partial charge in [0.25, 0.3) is 11.6 Å². The molecule has 33 heavy (non-hydrogen) atoms. The molecule has 1 aromatic heterocycles. The van der Waals surface area contributed by atoms with E-state index in [2.05, 4.69) is 15.5 Å². The van der Waals surface area contributed by atoms with Crippen LogP contribution in [0.2, 0.25) is 5.02 Å². The van der Waals surface area contributed by atoms with E-state index in [0.717, 1.165) is 16.7 Å². The number of nitro benzene ring substituents is 1. The number of nitrogens with one attached hydrogen (secondary N) is 1. The Morgan fingerprint density at radius 1 is 1.30 bits per heavy atom. The quantitative estimate of drug-likeness (QED) is 0.376. The number of methoxy groups -OCH3 is 1. The van der Waals surface area contributed by atoms with Crippen LogP contribution in [0.3, 0.4) is 0 Å². The summed E-state index contributed by atoms with van der Waals surface area (Å²) in [6.45, 7) is -0.294. The minimum absolute atomic E-state index is 0.0691. The van der Waals surface area contributed by atoms with Gasteiger partial charge in [-0.05, 0) is 42.1 Å². The fraction of sp³-hybridized carbons (Fsp3) is 0.200. The van der Waals surface area contributed by atoms with Crippen molar-refractivity contribution in [3.05, 3.63) is 63.4 Å². The number of ether oxygens (including phenoxy) is 1. The van der Waals surface area contributed by atoms with Gasteiger partial charge in [-0.1, -0.05) is 11.6 Å². The van der Waals surface area contributed by atoms with Gasteiger partial charge in [-0.2, -0.15) is 0 Å². The summed E-state index contributed by atoms with van der Waals surface area (Å²) in [5, 5.41) is 22.7. The molecular weight excluding hydrogens is 472 g/mol. The fourth-order valence-electron chi connectivity index (χ4n) is 2.82. The largest absolute Gasteiger partial charge is 0.495 e. The second kappa shape index (κ2) is 10.3. The maximum Gasteiger partial charge on any atom is 0.284 e. The normalized spacial score (nSPS) is 10.5. The topological polar surface area (TPSA) is 132 Å². The second-order valence-electron chi connectivity index (χ2n) is 6.82. The van der Waals surface area contributed by atoms with Gasteiger partial charge in [0.1, 0.15) is 12.1 Å². The van der Waals surface area contributed by atoms with Gasteiger partial charge in [0.05, 0.1) is 29.2 Å². The number of halogens is 1. The molecule has 0 fully saturated rings. The van der Waals surface area contributed by atoms with Crippen LogP contribution in [0.5, 0.6) is 5.75 Å². The number of carbonyl (C=O) groups excluding carboxylic acids is 2. The van der Waals surface area contributed by atoms with E-state index >= 15 is 0 Å². The number of nitrogens with zero attached hydrogens (tertiary/aromatic N) is 5. The maximum absolute atomic E-state index is 12.8. The smallest absolute Gasteiger partial charge is 0.284 e. The molecular formula is C20H19ClN6O5S. The third kappa shape index (κ3) is 5.79. The van der Waals surface area contributed by atoms with Crippen LogP contribution in [0, 0.1) is 10.1 Å². The molecule has 0 saturated heterocycles. The summed E-state index contributed by atoms with van der Waals surface area (Å²) in [5.74, 6) is -0.634. The van der Waals surface area contributed by atoms with Crippen molar-refractivity contribution in [3.63, 3.8) is 0 Å². The van der Waals surface area contributed by atoms with Gasteiger partial charge >= 0.3 is 0 Å². The van der Waals surface area contributed by atoms with E-state index in [4.69, 9.17) is 16.3 Å². The summed E-state index contributed by atoms with van der Waals surface area (Å²) in [6.07, 6.45) is 1.48. The molecule has 0 radical (unpaired) electrons. The van der Waals surface area contributed by atoms with Crippen molar-refractivity contribution in [2.45, 2.75) is 10.1 Å². The average molecular weight is 491 g/mol. The Balaban J connectivity index is 1.74. The third-order valence-electron chi connectivity index (χ3n) is 4.44. The molecule has 1 N–H and O–H groups in total. The molecule has 0 unspecified atom stereocenters. The van der Waals surface area contributed by atoms with Crippen LogP contribution in [0.4, 0.5) is 11.4 Å². The first-order valence-corrected chi connectivity index (χ1v) is 10.6. The number of hydrogen-bond donors (Lipinski definition) is 1. The van der Waals surface area contributed by atoms with E-state index in [1.54, 1.807) is 23.7 Å². The van der Waals surface area contributed by atoms with Crippen molar-refractivity contribution in [1.82, 2.24) is 19.7 Å². The van der Waals surface area contributed by atoms with Crippen molar-refractivity contribution < 1.29 is 19.2 Å². The number of benzene rings is 2. The SMILES string of the molecule is COc1ccc(Cl)cc1NC(=O)CN(C)C(=O)c1ccc(Sc2nncn2C)c([N+](=O)[O-])c1. The Morgan fingerprint density at radius 2 is 2.06 bits per heavy atom. The monoisotopic (exact) mass is 490 g/mol. The second-order valence-corrected chi connectivity index (χ2v) is 8.27. The number of amides is 2. The predicted molar refractivity (Wildman–Crippen MR) is 122 cm³/mol. The van der Waals surface area contributed by atoms with Crippen LogP contribution in [0.25, 0.3) is 0 Å². The van der Waals surface area contributed by atoms with E-state index in [1.807, 2.05) is 0 Å². The average Bonchev–Trinajstić information content (AvgIpc) is 3.17.